The molecule has 0 saturated heterocycles. The monoisotopic (exact) mass is 395 g/mol. The van der Waals surface area contributed by atoms with Gasteiger partial charge in [0.25, 0.3) is 5.91 Å². The molecule has 3 rings (SSSR count). The van der Waals surface area contributed by atoms with Gasteiger partial charge in [0.1, 0.15) is 6.73 Å². The van der Waals surface area contributed by atoms with Gasteiger partial charge < -0.3 is 15.1 Å². The molecule has 0 radical (unpaired) electrons. The third-order valence-electron chi connectivity index (χ3n) is 6.14. The highest BCUT2D eigenvalue weighted by Crippen LogP contribution is 2.45. The summed E-state index contributed by atoms with van der Waals surface area (Å²) in [7, 11) is 0. The van der Waals surface area contributed by atoms with Gasteiger partial charge in [-0.3, -0.25) is 4.79 Å². The molecule has 0 heterocycles. The molecule has 0 unspecified atom stereocenters. The number of aliphatic hydroxyl groups excluding tert-OH is 1. The number of rotatable bonds is 5. The Labute approximate surface area is 172 Å². The topological polar surface area (TPSA) is 77.8 Å². The fourth-order valence-electron chi connectivity index (χ4n) is 4.17. The summed E-state index contributed by atoms with van der Waals surface area (Å²) in [5.41, 5.74) is 3.70. The zero-order chi connectivity index (χ0) is 21.4. The van der Waals surface area contributed by atoms with Crippen molar-refractivity contribution in [1.82, 2.24) is 4.90 Å². The summed E-state index contributed by atoms with van der Waals surface area (Å²) in [5.74, 6) is -1.66. The molecule has 2 aromatic carbocycles. The van der Waals surface area contributed by atoms with Gasteiger partial charge in [0.05, 0.1) is 11.1 Å². The number of aromatic carboxylic acids is 1. The molecule has 1 aliphatic rings. The summed E-state index contributed by atoms with van der Waals surface area (Å²) in [6.07, 6.45) is 2.21. The summed E-state index contributed by atoms with van der Waals surface area (Å²) >= 11 is 0. The number of carboxylic acids is 1. The Morgan fingerprint density at radius 3 is 2.10 bits per heavy atom. The van der Waals surface area contributed by atoms with E-state index in [2.05, 4.69) is 39.8 Å². The molecular formula is C24H29NO4. The van der Waals surface area contributed by atoms with Crippen molar-refractivity contribution in [2.24, 2.45) is 0 Å². The fraction of sp³-hybridized carbons (Fsp3) is 0.417. The number of carbonyl (C=O) groups excluding carboxylic acids is 1. The smallest absolute Gasteiger partial charge is 0.336 e. The van der Waals surface area contributed by atoms with Crippen LogP contribution >= 0.6 is 0 Å². The van der Waals surface area contributed by atoms with Crippen molar-refractivity contribution in [1.29, 1.82) is 0 Å². The molecule has 1 aliphatic carbocycles. The molecule has 0 fully saturated rings. The molecule has 5 heteroatoms. The second kappa shape index (κ2) is 7.64. The second-order valence-electron chi connectivity index (χ2n) is 9.14. The van der Waals surface area contributed by atoms with Gasteiger partial charge in [0.2, 0.25) is 0 Å². The van der Waals surface area contributed by atoms with E-state index in [1.807, 2.05) is 6.07 Å². The van der Waals surface area contributed by atoms with Crippen LogP contribution in [0.25, 0.3) is 0 Å². The van der Waals surface area contributed by atoms with Crippen molar-refractivity contribution >= 4 is 11.9 Å². The largest absolute Gasteiger partial charge is 0.478 e. The molecule has 2 N–H and O–H groups in total. The van der Waals surface area contributed by atoms with Crippen LogP contribution < -0.4 is 0 Å². The van der Waals surface area contributed by atoms with Crippen LogP contribution in [-0.4, -0.2) is 33.7 Å². The number of carbonyl (C=O) groups is 2. The van der Waals surface area contributed by atoms with E-state index in [0.29, 0.717) is 0 Å². The zero-order valence-electron chi connectivity index (χ0n) is 17.5. The number of fused-ring (bicyclic) bond motifs is 1. The van der Waals surface area contributed by atoms with E-state index >= 15 is 0 Å². The van der Waals surface area contributed by atoms with Crippen LogP contribution in [0.3, 0.4) is 0 Å². The van der Waals surface area contributed by atoms with E-state index in [1.54, 1.807) is 12.1 Å². The van der Waals surface area contributed by atoms with Crippen molar-refractivity contribution in [3.05, 3.63) is 70.3 Å². The molecule has 29 heavy (non-hydrogen) atoms. The Morgan fingerprint density at radius 1 is 0.931 bits per heavy atom. The zero-order valence-corrected chi connectivity index (χ0v) is 17.5. The Morgan fingerprint density at radius 2 is 1.52 bits per heavy atom. The van der Waals surface area contributed by atoms with Gasteiger partial charge in [-0.15, -0.1) is 0 Å². The van der Waals surface area contributed by atoms with Crippen LogP contribution in [0.4, 0.5) is 0 Å². The van der Waals surface area contributed by atoms with Gasteiger partial charge in [-0.2, -0.15) is 0 Å². The Balaban J connectivity index is 1.93. The quantitative estimate of drug-likeness (QED) is 0.739. The highest BCUT2D eigenvalue weighted by molar-refractivity contribution is 6.04. The molecule has 154 valence electrons. The van der Waals surface area contributed by atoms with Gasteiger partial charge in [0, 0.05) is 6.54 Å². The summed E-state index contributed by atoms with van der Waals surface area (Å²) < 4.78 is 0. The first-order valence-electron chi connectivity index (χ1n) is 9.93. The van der Waals surface area contributed by atoms with Crippen LogP contribution in [0.1, 0.15) is 77.9 Å². The summed E-state index contributed by atoms with van der Waals surface area (Å²) in [5, 5.41) is 19.2. The molecule has 0 saturated carbocycles. The molecule has 0 atom stereocenters. The summed E-state index contributed by atoms with van der Waals surface area (Å²) in [6.45, 7) is 8.72. The molecule has 0 bridgehead atoms. The molecule has 2 aromatic rings. The van der Waals surface area contributed by atoms with Gasteiger partial charge in [-0.05, 0) is 52.5 Å². The predicted molar refractivity (Wildman–Crippen MR) is 112 cm³/mol. The first-order chi connectivity index (χ1) is 13.6. The SMILES string of the molecule is CC1(C)CCC(C)(C)c2cc(CN(CO)C(=O)c3ccccc3C(=O)O)ccc21. The lowest BCUT2D eigenvalue weighted by molar-refractivity contribution is 0.0520. The molecular weight excluding hydrogens is 366 g/mol. The number of carboxylic acid groups (broad SMARTS) is 1. The lowest BCUT2D eigenvalue weighted by Gasteiger charge is -2.42. The third kappa shape index (κ3) is 4.06. The van der Waals surface area contributed by atoms with E-state index < -0.39 is 18.6 Å². The number of hydrogen-bond acceptors (Lipinski definition) is 3. The first kappa shape index (κ1) is 21.1. The van der Waals surface area contributed by atoms with Crippen molar-refractivity contribution in [3.63, 3.8) is 0 Å². The Hall–Kier alpha value is -2.66. The minimum atomic E-state index is -1.16. The average molecular weight is 395 g/mol. The van der Waals surface area contributed by atoms with Crippen molar-refractivity contribution in [2.45, 2.75) is 57.9 Å². The normalized spacial score (nSPS) is 16.7. The number of hydrogen-bond donors (Lipinski definition) is 2. The molecule has 0 aromatic heterocycles. The van der Waals surface area contributed by atoms with E-state index in [0.717, 1.165) is 18.4 Å². The van der Waals surface area contributed by atoms with Crippen LogP contribution in [0, 0.1) is 0 Å². The Bertz CT molecular complexity index is 946. The molecule has 0 spiro atoms. The fourth-order valence-corrected chi connectivity index (χ4v) is 4.17. The first-order valence-corrected chi connectivity index (χ1v) is 9.93. The summed E-state index contributed by atoms with van der Waals surface area (Å²) in [4.78, 5) is 25.7. The second-order valence-corrected chi connectivity index (χ2v) is 9.14. The van der Waals surface area contributed by atoms with E-state index in [-0.39, 0.29) is 28.5 Å². The van der Waals surface area contributed by atoms with Crippen molar-refractivity contribution in [3.8, 4) is 0 Å². The molecule has 1 amide bonds. The molecule has 5 nitrogen and oxygen atoms in total. The maximum absolute atomic E-state index is 12.9. The highest BCUT2D eigenvalue weighted by Gasteiger charge is 2.37. The standard InChI is InChI=1S/C24H29NO4/c1-23(2)11-12-24(3,4)20-13-16(9-10-19(20)23)14-25(15-26)21(27)17-7-5-6-8-18(17)22(28)29/h5-10,13,26H,11-12,14-15H2,1-4H3,(H,28,29). The summed E-state index contributed by atoms with van der Waals surface area (Å²) in [6, 6.07) is 12.4. The van der Waals surface area contributed by atoms with Crippen LogP contribution in [0.2, 0.25) is 0 Å². The van der Waals surface area contributed by atoms with Gasteiger partial charge in [-0.1, -0.05) is 58.0 Å². The van der Waals surface area contributed by atoms with Crippen LogP contribution in [0.5, 0.6) is 0 Å². The van der Waals surface area contributed by atoms with Crippen molar-refractivity contribution in [2.75, 3.05) is 6.73 Å². The minimum Gasteiger partial charge on any atom is -0.478 e. The molecule has 0 aliphatic heterocycles. The number of amides is 1. The van der Waals surface area contributed by atoms with Crippen LogP contribution in [-0.2, 0) is 17.4 Å². The van der Waals surface area contributed by atoms with E-state index in [4.69, 9.17) is 0 Å². The maximum atomic E-state index is 12.9. The van der Waals surface area contributed by atoms with Gasteiger partial charge in [-0.25, -0.2) is 4.79 Å². The average Bonchev–Trinajstić information content (AvgIpc) is 2.69. The number of aliphatic hydroxyl groups is 1. The number of nitrogens with zero attached hydrogens (tertiary/aromatic N) is 1. The number of benzene rings is 2. The third-order valence-corrected chi connectivity index (χ3v) is 6.14. The predicted octanol–water partition coefficient (Wildman–Crippen LogP) is 4.33. The van der Waals surface area contributed by atoms with Gasteiger partial charge >= 0.3 is 5.97 Å². The minimum absolute atomic E-state index is 0.0465. The highest BCUT2D eigenvalue weighted by atomic mass is 16.4. The van der Waals surface area contributed by atoms with E-state index in [9.17, 15) is 19.8 Å². The van der Waals surface area contributed by atoms with E-state index in [1.165, 1.54) is 28.2 Å². The maximum Gasteiger partial charge on any atom is 0.336 e. The lowest BCUT2D eigenvalue weighted by Crippen LogP contribution is -2.35. The lowest BCUT2D eigenvalue weighted by atomic mass is 9.63. The van der Waals surface area contributed by atoms with Crippen LogP contribution in [0.15, 0.2) is 42.5 Å². The van der Waals surface area contributed by atoms with Crippen molar-refractivity contribution < 1.29 is 19.8 Å². The van der Waals surface area contributed by atoms with Gasteiger partial charge in [0.15, 0.2) is 0 Å². The Kier molecular flexibility index (Phi) is 5.54.